The minimum Gasteiger partial charge on any atom is -0.461 e. The lowest BCUT2D eigenvalue weighted by atomic mass is 10.4. The third kappa shape index (κ3) is 1.50. The van der Waals surface area contributed by atoms with Gasteiger partial charge in [-0.05, 0) is 25.1 Å². The molecule has 4 heteroatoms. The van der Waals surface area contributed by atoms with Crippen LogP contribution in [0.1, 0.15) is 5.76 Å². The largest absolute Gasteiger partial charge is 0.461 e. The van der Waals surface area contributed by atoms with E-state index in [0.717, 1.165) is 20.2 Å². The summed E-state index contributed by atoms with van der Waals surface area (Å²) in [6.07, 6.45) is 0. The molecule has 0 atom stereocenters. The van der Waals surface area contributed by atoms with Gasteiger partial charge in [0.2, 0.25) is 0 Å². The Morgan fingerprint density at radius 3 is 2.67 bits per heavy atom. The van der Waals surface area contributed by atoms with E-state index >= 15 is 0 Å². The number of rotatable bonds is 1. The zero-order chi connectivity index (χ0) is 8.55. The SMILES string of the molecule is Cc1ccc(-c2cc(=S)ss2)o1. The fraction of sp³-hybridized carbons (Fsp3) is 0.125. The molecule has 2 heterocycles. The lowest BCUT2D eigenvalue weighted by molar-refractivity contribution is 0.549. The highest BCUT2D eigenvalue weighted by Gasteiger charge is 2.03. The zero-order valence-electron chi connectivity index (χ0n) is 6.37. The number of hydrogen-bond acceptors (Lipinski definition) is 4. The molecule has 2 aromatic heterocycles. The smallest absolute Gasteiger partial charge is 0.145 e. The lowest BCUT2D eigenvalue weighted by Gasteiger charge is -1.86. The van der Waals surface area contributed by atoms with E-state index < -0.39 is 0 Å². The molecule has 0 amide bonds. The van der Waals surface area contributed by atoms with E-state index in [2.05, 4.69) is 0 Å². The summed E-state index contributed by atoms with van der Waals surface area (Å²) in [5, 5.41) is 0. The second kappa shape index (κ2) is 3.12. The standard InChI is InChI=1S/C8H6OS3/c1-5-2-3-6(9-5)7-4-8(10)12-11-7/h2-4H,1H3. The summed E-state index contributed by atoms with van der Waals surface area (Å²) < 4.78 is 6.37. The van der Waals surface area contributed by atoms with E-state index in [1.807, 2.05) is 25.1 Å². The van der Waals surface area contributed by atoms with Crippen LogP contribution in [0.15, 0.2) is 22.6 Å². The molecule has 0 aromatic carbocycles. The molecule has 2 rings (SSSR count). The highest BCUT2D eigenvalue weighted by atomic mass is 32.9. The van der Waals surface area contributed by atoms with Crippen LogP contribution in [0.3, 0.4) is 0 Å². The van der Waals surface area contributed by atoms with Gasteiger partial charge >= 0.3 is 0 Å². The Kier molecular flexibility index (Phi) is 2.12. The van der Waals surface area contributed by atoms with Crippen molar-refractivity contribution in [3.05, 3.63) is 27.8 Å². The maximum Gasteiger partial charge on any atom is 0.145 e. The maximum atomic E-state index is 5.45. The molecule has 0 fully saturated rings. The van der Waals surface area contributed by atoms with Gasteiger partial charge in [0.1, 0.15) is 15.3 Å². The molecule has 0 radical (unpaired) electrons. The summed E-state index contributed by atoms with van der Waals surface area (Å²) in [6, 6.07) is 5.91. The van der Waals surface area contributed by atoms with E-state index in [-0.39, 0.29) is 0 Å². The molecule has 2 aromatic rings. The van der Waals surface area contributed by atoms with Gasteiger partial charge in [0, 0.05) is 0 Å². The molecule has 0 aliphatic rings. The Morgan fingerprint density at radius 1 is 1.33 bits per heavy atom. The normalized spacial score (nSPS) is 10.4. The molecule has 0 aliphatic heterocycles. The molecule has 12 heavy (non-hydrogen) atoms. The van der Waals surface area contributed by atoms with Crippen LogP contribution in [0.25, 0.3) is 10.6 Å². The van der Waals surface area contributed by atoms with Crippen molar-refractivity contribution in [1.29, 1.82) is 0 Å². The van der Waals surface area contributed by atoms with Crippen LogP contribution in [0.2, 0.25) is 0 Å². The molecule has 0 spiro atoms. The van der Waals surface area contributed by atoms with Crippen molar-refractivity contribution in [2.45, 2.75) is 6.92 Å². The number of furan rings is 1. The first kappa shape index (κ1) is 8.16. The van der Waals surface area contributed by atoms with Gasteiger partial charge in [-0.3, -0.25) is 0 Å². The van der Waals surface area contributed by atoms with Gasteiger partial charge in [0.25, 0.3) is 0 Å². The molecule has 0 aliphatic carbocycles. The Hall–Kier alpha value is -0.450. The van der Waals surface area contributed by atoms with Crippen molar-refractivity contribution in [3.8, 4) is 10.6 Å². The van der Waals surface area contributed by atoms with E-state index in [9.17, 15) is 0 Å². The summed E-state index contributed by atoms with van der Waals surface area (Å²) in [6.45, 7) is 1.94. The first-order valence-electron chi connectivity index (χ1n) is 3.43. The number of aryl methyl sites for hydroxylation is 1. The van der Waals surface area contributed by atoms with Gasteiger partial charge < -0.3 is 4.42 Å². The van der Waals surface area contributed by atoms with E-state index in [1.54, 1.807) is 20.7 Å². The molecular weight excluding hydrogens is 208 g/mol. The van der Waals surface area contributed by atoms with Gasteiger partial charge in [-0.1, -0.05) is 32.9 Å². The lowest BCUT2D eigenvalue weighted by Crippen LogP contribution is -1.61. The predicted octanol–water partition coefficient (Wildman–Crippen LogP) is 4.11. The Balaban J connectivity index is 2.50. The fourth-order valence-electron chi connectivity index (χ4n) is 0.920. The minimum atomic E-state index is 0.920. The number of hydrogen-bond donors (Lipinski definition) is 0. The topological polar surface area (TPSA) is 13.1 Å². The fourth-order valence-corrected chi connectivity index (χ4v) is 3.24. The zero-order valence-corrected chi connectivity index (χ0v) is 8.81. The maximum absolute atomic E-state index is 5.45. The third-order valence-electron chi connectivity index (χ3n) is 1.45. The van der Waals surface area contributed by atoms with Crippen molar-refractivity contribution >= 4 is 32.9 Å². The second-order valence-corrected chi connectivity index (χ2v) is 5.32. The van der Waals surface area contributed by atoms with Crippen LogP contribution in [-0.4, -0.2) is 0 Å². The predicted molar refractivity (Wildman–Crippen MR) is 55.5 cm³/mol. The van der Waals surface area contributed by atoms with Gasteiger partial charge in [0.15, 0.2) is 0 Å². The van der Waals surface area contributed by atoms with Crippen molar-refractivity contribution in [1.82, 2.24) is 0 Å². The van der Waals surface area contributed by atoms with Crippen molar-refractivity contribution < 1.29 is 4.42 Å². The molecule has 0 N–H and O–H groups in total. The van der Waals surface area contributed by atoms with Gasteiger partial charge in [-0.25, -0.2) is 0 Å². The van der Waals surface area contributed by atoms with Crippen LogP contribution >= 0.6 is 32.9 Å². The summed E-state index contributed by atoms with van der Waals surface area (Å²) >= 11 is 5.03. The molecule has 0 saturated heterocycles. The van der Waals surface area contributed by atoms with Crippen LogP contribution < -0.4 is 0 Å². The first-order valence-corrected chi connectivity index (χ1v) is 5.98. The van der Waals surface area contributed by atoms with E-state index in [4.69, 9.17) is 16.6 Å². The van der Waals surface area contributed by atoms with E-state index in [1.165, 1.54) is 0 Å². The van der Waals surface area contributed by atoms with Crippen molar-refractivity contribution in [2.75, 3.05) is 0 Å². The average molecular weight is 214 g/mol. The van der Waals surface area contributed by atoms with Crippen molar-refractivity contribution in [2.24, 2.45) is 0 Å². The summed E-state index contributed by atoms with van der Waals surface area (Å²) in [7, 11) is 3.26. The van der Waals surface area contributed by atoms with E-state index in [0.29, 0.717) is 0 Å². The molecule has 0 saturated carbocycles. The van der Waals surface area contributed by atoms with Crippen molar-refractivity contribution in [3.63, 3.8) is 0 Å². The average Bonchev–Trinajstić information content (AvgIpc) is 2.58. The summed E-state index contributed by atoms with van der Waals surface area (Å²) in [5.41, 5.74) is 0. The van der Waals surface area contributed by atoms with Gasteiger partial charge in [0.05, 0.1) is 4.88 Å². The van der Waals surface area contributed by atoms with Crippen LogP contribution in [0, 0.1) is 10.7 Å². The monoisotopic (exact) mass is 214 g/mol. The quantitative estimate of drug-likeness (QED) is 0.523. The first-order chi connectivity index (χ1) is 5.75. The van der Waals surface area contributed by atoms with Gasteiger partial charge in [-0.2, -0.15) is 0 Å². The Bertz CT molecular complexity index is 435. The second-order valence-electron chi connectivity index (χ2n) is 2.40. The highest BCUT2D eigenvalue weighted by molar-refractivity contribution is 7.80. The minimum absolute atomic E-state index is 0.920. The van der Waals surface area contributed by atoms with Crippen LogP contribution in [-0.2, 0) is 0 Å². The van der Waals surface area contributed by atoms with Gasteiger partial charge in [-0.15, -0.1) is 0 Å². The van der Waals surface area contributed by atoms with Crippen LogP contribution in [0.5, 0.6) is 0 Å². The highest BCUT2D eigenvalue weighted by Crippen LogP contribution is 2.30. The molecule has 0 unspecified atom stereocenters. The Morgan fingerprint density at radius 2 is 2.17 bits per heavy atom. The summed E-state index contributed by atoms with van der Waals surface area (Å²) in [4.78, 5) is 1.12. The third-order valence-corrected chi connectivity index (χ3v) is 4.32. The van der Waals surface area contributed by atoms with Crippen LogP contribution in [0.4, 0.5) is 0 Å². The molecule has 0 bridgehead atoms. The summed E-state index contributed by atoms with van der Waals surface area (Å²) in [5.74, 6) is 1.86. The Labute approximate surface area is 82.7 Å². The molecule has 62 valence electrons. The molecule has 1 nitrogen and oxygen atoms in total. The molecular formula is C8H6OS3.